The van der Waals surface area contributed by atoms with E-state index in [0.717, 1.165) is 41.0 Å². The number of nitrogens with zero attached hydrogens (tertiary/aromatic N) is 4. The molecule has 0 aliphatic carbocycles. The molecule has 0 aromatic carbocycles. The van der Waals surface area contributed by atoms with E-state index in [1.165, 1.54) is 10.6 Å². The number of anilines is 1. The Balaban J connectivity index is 2.14. The van der Waals surface area contributed by atoms with Crippen molar-refractivity contribution < 1.29 is 13.2 Å². The molecule has 0 bridgehead atoms. The van der Waals surface area contributed by atoms with Crippen molar-refractivity contribution in [1.82, 2.24) is 18.8 Å². The summed E-state index contributed by atoms with van der Waals surface area (Å²) in [5.74, 6) is 1.43. The maximum Gasteiger partial charge on any atom is 0.211 e. The molecule has 0 saturated heterocycles. The summed E-state index contributed by atoms with van der Waals surface area (Å²) in [6.45, 7) is 7.88. The van der Waals surface area contributed by atoms with Gasteiger partial charge in [-0.2, -0.15) is 0 Å². The second-order valence-corrected chi connectivity index (χ2v) is 8.62. The summed E-state index contributed by atoms with van der Waals surface area (Å²) in [5, 5.41) is 0. The number of hydrogen-bond acceptors (Lipinski definition) is 6. The molecule has 0 saturated carbocycles. The third-order valence-electron chi connectivity index (χ3n) is 4.52. The Morgan fingerprint density at radius 3 is 2.54 bits per heavy atom. The third kappa shape index (κ3) is 4.52. The normalized spacial score (nSPS) is 12.4. The van der Waals surface area contributed by atoms with Crippen molar-refractivity contribution in [1.29, 1.82) is 0 Å². The van der Waals surface area contributed by atoms with Crippen molar-refractivity contribution in [3.8, 4) is 0 Å². The highest BCUT2D eigenvalue weighted by Crippen LogP contribution is 2.26. The molecule has 2 rings (SSSR count). The quantitative estimate of drug-likeness (QED) is 0.658. The van der Waals surface area contributed by atoms with E-state index in [-0.39, 0.29) is 0 Å². The van der Waals surface area contributed by atoms with Gasteiger partial charge in [-0.05, 0) is 25.8 Å². The van der Waals surface area contributed by atoms with Crippen LogP contribution in [-0.4, -0.2) is 60.3 Å². The number of nitrogen functional groups attached to an aromatic ring is 1. The van der Waals surface area contributed by atoms with E-state index < -0.39 is 10.0 Å². The molecule has 146 valence electrons. The zero-order valence-corrected chi connectivity index (χ0v) is 17.1. The zero-order valence-electron chi connectivity index (χ0n) is 16.2. The van der Waals surface area contributed by atoms with Gasteiger partial charge in [0.15, 0.2) is 5.82 Å². The van der Waals surface area contributed by atoms with E-state index >= 15 is 0 Å². The molecule has 2 N–H and O–H groups in total. The van der Waals surface area contributed by atoms with E-state index in [2.05, 4.69) is 16.5 Å². The largest absolute Gasteiger partial charge is 0.382 e. The fourth-order valence-corrected chi connectivity index (χ4v) is 3.23. The number of likely N-dealkylation sites (N-methyl/N-ethyl adjacent to an activating group) is 1. The van der Waals surface area contributed by atoms with Gasteiger partial charge in [0.2, 0.25) is 10.0 Å². The minimum atomic E-state index is -3.17. The number of sulfonamides is 1. The van der Waals surface area contributed by atoms with Gasteiger partial charge in [0.05, 0.1) is 25.0 Å². The van der Waals surface area contributed by atoms with E-state index in [0.29, 0.717) is 32.1 Å². The number of pyridine rings is 1. The average Bonchev–Trinajstić information content (AvgIpc) is 2.91. The molecule has 0 amide bonds. The first-order valence-corrected chi connectivity index (χ1v) is 10.6. The van der Waals surface area contributed by atoms with Gasteiger partial charge in [-0.3, -0.25) is 0 Å². The lowest BCUT2D eigenvalue weighted by atomic mass is 10.2. The van der Waals surface area contributed by atoms with Crippen LogP contribution in [0.1, 0.15) is 30.4 Å². The SMILES string of the molecule is CCCc1nc2c(N)nc(C)c(C)c2n1CCOCCN(C)S(C)(=O)=O. The molecule has 2 heterocycles. The van der Waals surface area contributed by atoms with E-state index in [1.54, 1.807) is 7.05 Å². The van der Waals surface area contributed by atoms with Gasteiger partial charge in [0.25, 0.3) is 0 Å². The van der Waals surface area contributed by atoms with Crippen LogP contribution in [0.2, 0.25) is 0 Å². The number of nitrogens with two attached hydrogens (primary N) is 1. The number of fused-ring (bicyclic) bond motifs is 1. The molecule has 2 aromatic rings. The Morgan fingerprint density at radius 1 is 1.23 bits per heavy atom. The summed E-state index contributed by atoms with van der Waals surface area (Å²) in [5.41, 5.74) is 9.80. The number of rotatable bonds is 9. The predicted molar refractivity (Wildman–Crippen MR) is 104 cm³/mol. The lowest BCUT2D eigenvalue weighted by Crippen LogP contribution is -2.29. The number of aryl methyl sites for hydroxylation is 3. The summed E-state index contributed by atoms with van der Waals surface area (Å²) in [4.78, 5) is 9.07. The minimum Gasteiger partial charge on any atom is -0.382 e. The van der Waals surface area contributed by atoms with E-state index in [4.69, 9.17) is 15.5 Å². The molecule has 0 aliphatic rings. The van der Waals surface area contributed by atoms with Crippen LogP contribution in [0.5, 0.6) is 0 Å². The predicted octanol–water partition coefficient (Wildman–Crippen LogP) is 1.49. The first-order chi connectivity index (χ1) is 12.2. The van der Waals surface area contributed by atoms with Crippen LogP contribution in [0.4, 0.5) is 5.82 Å². The van der Waals surface area contributed by atoms with Crippen molar-refractivity contribution >= 4 is 26.9 Å². The van der Waals surface area contributed by atoms with Gasteiger partial charge in [-0.25, -0.2) is 22.7 Å². The summed E-state index contributed by atoms with van der Waals surface area (Å²) in [6.07, 6.45) is 3.02. The second-order valence-electron chi connectivity index (χ2n) is 6.53. The highest BCUT2D eigenvalue weighted by molar-refractivity contribution is 7.88. The first-order valence-electron chi connectivity index (χ1n) is 8.77. The Kier molecular flexibility index (Phi) is 6.59. The van der Waals surface area contributed by atoms with E-state index in [9.17, 15) is 8.42 Å². The number of hydrogen-bond donors (Lipinski definition) is 1. The molecule has 0 fully saturated rings. The number of imidazole rings is 1. The molecular formula is C17H29N5O3S. The topological polar surface area (TPSA) is 103 Å². The van der Waals surface area contributed by atoms with E-state index in [1.807, 2.05) is 13.8 Å². The molecule has 0 radical (unpaired) electrons. The third-order valence-corrected chi connectivity index (χ3v) is 5.84. The molecule has 2 aromatic heterocycles. The number of ether oxygens (including phenoxy) is 1. The summed E-state index contributed by atoms with van der Waals surface area (Å²) in [6, 6.07) is 0. The Morgan fingerprint density at radius 2 is 1.92 bits per heavy atom. The summed E-state index contributed by atoms with van der Waals surface area (Å²) >= 11 is 0. The number of aromatic nitrogens is 3. The Labute approximate surface area is 155 Å². The summed E-state index contributed by atoms with van der Waals surface area (Å²) in [7, 11) is -1.63. The standard InChI is InChI=1S/C17H29N5O3S/c1-6-7-14-20-15-16(12(2)13(3)19-17(15)18)22(14)9-11-25-10-8-21(4)26(5,23)24/h6-11H2,1-5H3,(H2,18,19). The molecular weight excluding hydrogens is 354 g/mol. The van der Waals surface area contributed by atoms with Gasteiger partial charge in [0.1, 0.15) is 11.3 Å². The smallest absolute Gasteiger partial charge is 0.211 e. The monoisotopic (exact) mass is 383 g/mol. The van der Waals surface area contributed by atoms with Gasteiger partial charge < -0.3 is 15.0 Å². The second kappa shape index (κ2) is 8.32. The first kappa shape index (κ1) is 20.6. The lowest BCUT2D eigenvalue weighted by molar-refractivity contribution is 0.119. The molecule has 26 heavy (non-hydrogen) atoms. The van der Waals surface area contributed by atoms with Crippen LogP contribution in [-0.2, 0) is 27.7 Å². The van der Waals surface area contributed by atoms with Crippen molar-refractivity contribution in [3.05, 3.63) is 17.1 Å². The fourth-order valence-electron chi connectivity index (χ4n) is 2.82. The molecule has 8 nitrogen and oxygen atoms in total. The molecule has 0 unspecified atom stereocenters. The van der Waals surface area contributed by atoms with Crippen molar-refractivity contribution in [3.63, 3.8) is 0 Å². The van der Waals surface area contributed by atoms with Crippen LogP contribution in [0.25, 0.3) is 11.0 Å². The maximum absolute atomic E-state index is 11.4. The maximum atomic E-state index is 11.4. The highest BCUT2D eigenvalue weighted by atomic mass is 32.2. The van der Waals surface area contributed by atoms with Crippen LogP contribution >= 0.6 is 0 Å². The molecule has 9 heteroatoms. The summed E-state index contributed by atoms with van der Waals surface area (Å²) < 4.78 is 31.9. The van der Waals surface area contributed by atoms with Crippen molar-refractivity contribution in [2.24, 2.45) is 0 Å². The zero-order chi connectivity index (χ0) is 19.5. The van der Waals surface area contributed by atoms with Crippen LogP contribution < -0.4 is 5.73 Å². The molecule has 0 spiro atoms. The van der Waals surface area contributed by atoms with Gasteiger partial charge in [0, 0.05) is 32.3 Å². The average molecular weight is 384 g/mol. The fraction of sp³-hybridized carbons (Fsp3) is 0.647. The van der Waals surface area contributed by atoms with Crippen molar-refractivity contribution in [2.45, 2.75) is 40.2 Å². The van der Waals surface area contributed by atoms with Crippen LogP contribution in [0.15, 0.2) is 0 Å². The Bertz CT molecular complexity index is 876. The van der Waals surface area contributed by atoms with Gasteiger partial charge in [-0.1, -0.05) is 6.92 Å². The van der Waals surface area contributed by atoms with Crippen molar-refractivity contribution in [2.75, 3.05) is 38.8 Å². The Hall–Kier alpha value is -1.71. The van der Waals surface area contributed by atoms with Gasteiger partial charge in [-0.15, -0.1) is 0 Å². The molecule has 0 atom stereocenters. The van der Waals surface area contributed by atoms with Gasteiger partial charge >= 0.3 is 0 Å². The highest BCUT2D eigenvalue weighted by Gasteiger charge is 2.17. The minimum absolute atomic E-state index is 0.334. The van der Waals surface area contributed by atoms with Crippen LogP contribution in [0, 0.1) is 13.8 Å². The molecule has 0 aliphatic heterocycles. The van der Waals surface area contributed by atoms with Crippen LogP contribution in [0.3, 0.4) is 0 Å². The lowest BCUT2D eigenvalue weighted by Gasteiger charge is -2.15.